The lowest BCUT2D eigenvalue weighted by molar-refractivity contribution is -0.843. The van der Waals surface area contributed by atoms with Gasteiger partial charge in [0.2, 0.25) is 17.7 Å². The predicted octanol–water partition coefficient (Wildman–Crippen LogP) is 1.17. The fourth-order valence-corrected chi connectivity index (χ4v) is 2.89. The molecular formula is C21H20N3O4+. The van der Waals surface area contributed by atoms with Crippen LogP contribution in [0.25, 0.3) is 11.3 Å². The van der Waals surface area contributed by atoms with Gasteiger partial charge in [-0.15, -0.1) is 0 Å². The van der Waals surface area contributed by atoms with Crippen molar-refractivity contribution in [2.24, 2.45) is 12.8 Å². The Labute approximate surface area is 161 Å². The summed E-state index contributed by atoms with van der Waals surface area (Å²) in [4.78, 5) is 36.6. The van der Waals surface area contributed by atoms with Crippen LogP contribution in [0.4, 0.5) is 0 Å². The van der Waals surface area contributed by atoms with Crippen LogP contribution in [0.5, 0.6) is 0 Å². The van der Waals surface area contributed by atoms with Crippen molar-refractivity contribution in [3.63, 3.8) is 0 Å². The van der Waals surface area contributed by atoms with Gasteiger partial charge in [-0.1, -0.05) is 60.7 Å². The predicted molar refractivity (Wildman–Crippen MR) is 101 cm³/mol. The topological polar surface area (TPSA) is 106 Å². The number of benzene rings is 2. The van der Waals surface area contributed by atoms with Crippen molar-refractivity contribution in [1.82, 2.24) is 5.32 Å². The number of primary amides is 1. The third kappa shape index (κ3) is 4.32. The van der Waals surface area contributed by atoms with E-state index in [-0.39, 0.29) is 12.0 Å². The number of ketones is 1. The van der Waals surface area contributed by atoms with Crippen LogP contribution < -0.4 is 15.8 Å². The van der Waals surface area contributed by atoms with Crippen LogP contribution in [0.15, 0.2) is 71.4 Å². The molecule has 142 valence electrons. The Morgan fingerprint density at radius 1 is 1.04 bits per heavy atom. The first-order valence-electron chi connectivity index (χ1n) is 8.69. The fraction of sp³-hybridized carbons (Fsp3) is 0.143. The van der Waals surface area contributed by atoms with E-state index in [2.05, 4.69) is 5.32 Å². The zero-order valence-electron chi connectivity index (χ0n) is 15.3. The zero-order chi connectivity index (χ0) is 20.1. The van der Waals surface area contributed by atoms with Gasteiger partial charge in [0.05, 0.1) is 0 Å². The van der Waals surface area contributed by atoms with Crippen LogP contribution in [-0.4, -0.2) is 23.6 Å². The molecule has 3 aromatic rings. The normalized spacial score (nSPS) is 11.6. The molecule has 0 aliphatic heterocycles. The summed E-state index contributed by atoms with van der Waals surface area (Å²) in [5, 5.41) is 2.62. The van der Waals surface area contributed by atoms with Crippen LogP contribution in [0, 0.1) is 0 Å². The maximum atomic E-state index is 12.9. The molecule has 3 N–H and O–H groups in total. The highest BCUT2D eigenvalue weighted by atomic mass is 16.5. The third-order valence-electron chi connectivity index (χ3n) is 4.22. The van der Waals surface area contributed by atoms with E-state index in [0.717, 1.165) is 5.56 Å². The molecule has 1 aromatic heterocycles. The van der Waals surface area contributed by atoms with Gasteiger partial charge in [0.15, 0.2) is 12.6 Å². The quantitative estimate of drug-likeness (QED) is 0.475. The summed E-state index contributed by atoms with van der Waals surface area (Å²) in [7, 11) is 1.65. The van der Waals surface area contributed by atoms with Gasteiger partial charge in [-0.05, 0) is 10.3 Å². The average Bonchev–Trinajstić information content (AvgIpc) is 3.10. The molecule has 0 radical (unpaired) electrons. The molecule has 1 heterocycles. The molecule has 3 rings (SSSR count). The minimum absolute atomic E-state index is 0.152. The number of rotatable bonds is 7. The Morgan fingerprint density at radius 2 is 1.64 bits per heavy atom. The summed E-state index contributed by atoms with van der Waals surface area (Å²) in [5.74, 6) is -2.11. The number of carbonyl (C=O) groups excluding carboxylic acids is 3. The van der Waals surface area contributed by atoms with Gasteiger partial charge in [0, 0.05) is 12.0 Å². The molecule has 0 spiro atoms. The number of aromatic nitrogens is 1. The minimum Gasteiger partial charge on any atom is -0.363 e. The highest BCUT2D eigenvalue weighted by molar-refractivity contribution is 6.38. The van der Waals surface area contributed by atoms with Crippen LogP contribution in [-0.2, 0) is 23.1 Å². The van der Waals surface area contributed by atoms with Crippen LogP contribution in [0.3, 0.4) is 0 Å². The van der Waals surface area contributed by atoms with Gasteiger partial charge >= 0.3 is 0 Å². The molecule has 0 saturated carbocycles. The molecule has 0 saturated heterocycles. The van der Waals surface area contributed by atoms with Crippen LogP contribution in [0.1, 0.15) is 15.9 Å². The molecular weight excluding hydrogens is 358 g/mol. The number of carbonyl (C=O) groups is 3. The van der Waals surface area contributed by atoms with Gasteiger partial charge < -0.3 is 11.1 Å². The molecule has 7 heteroatoms. The number of nitrogens with one attached hydrogen (secondary N) is 1. The van der Waals surface area contributed by atoms with Crippen molar-refractivity contribution in [3.05, 3.63) is 78.0 Å². The van der Waals surface area contributed by atoms with Crippen molar-refractivity contribution >= 4 is 17.6 Å². The molecule has 2 amide bonds. The Bertz CT molecular complexity index is 997. The van der Waals surface area contributed by atoms with E-state index in [9.17, 15) is 14.4 Å². The van der Waals surface area contributed by atoms with E-state index in [1.165, 1.54) is 10.9 Å². The van der Waals surface area contributed by atoms with Gasteiger partial charge in [-0.2, -0.15) is 0 Å². The Kier molecular flexibility index (Phi) is 5.64. The Balaban J connectivity index is 1.88. The largest absolute Gasteiger partial charge is 0.363 e. The van der Waals surface area contributed by atoms with Crippen molar-refractivity contribution < 1.29 is 23.6 Å². The number of amides is 2. The van der Waals surface area contributed by atoms with E-state index in [1.54, 1.807) is 19.2 Å². The number of nitrogens with zero attached hydrogens (tertiary/aromatic N) is 1. The standard InChI is InChI=1S/C21H19N3O4/c1-24-13-16(19(28-24)15-10-6-3-7-11-15)21(27)23-17(18(25)20(22)26)12-14-8-4-2-5-9-14/h2-11,13,17H,12H2,1H3,(H2-,22,23,26,27)/p+1. The van der Waals surface area contributed by atoms with E-state index in [0.29, 0.717) is 11.3 Å². The third-order valence-corrected chi connectivity index (χ3v) is 4.22. The lowest BCUT2D eigenvalue weighted by atomic mass is 10.0. The van der Waals surface area contributed by atoms with Crippen molar-refractivity contribution in [2.75, 3.05) is 0 Å². The number of nitrogens with two attached hydrogens (primary N) is 1. The Hall–Kier alpha value is -3.74. The van der Waals surface area contributed by atoms with Crippen molar-refractivity contribution in [1.29, 1.82) is 0 Å². The second kappa shape index (κ2) is 8.30. The fourth-order valence-electron chi connectivity index (χ4n) is 2.89. The highest BCUT2D eigenvalue weighted by Gasteiger charge is 2.30. The maximum Gasteiger partial charge on any atom is 0.287 e. The van der Waals surface area contributed by atoms with Crippen LogP contribution >= 0.6 is 0 Å². The summed E-state index contributed by atoms with van der Waals surface area (Å²) >= 11 is 0. The molecule has 0 aliphatic carbocycles. The minimum atomic E-state index is -1.10. The average molecular weight is 378 g/mol. The number of aryl methyl sites for hydroxylation is 1. The summed E-state index contributed by atoms with van der Waals surface area (Å²) in [6.45, 7) is 0. The van der Waals surface area contributed by atoms with Gasteiger partial charge in [0.25, 0.3) is 11.8 Å². The molecule has 1 atom stereocenters. The molecule has 7 nitrogen and oxygen atoms in total. The van der Waals surface area contributed by atoms with E-state index in [1.807, 2.05) is 48.5 Å². The summed E-state index contributed by atoms with van der Waals surface area (Å²) in [5.41, 5.74) is 6.93. The first-order chi connectivity index (χ1) is 13.5. The number of hydrogen-bond donors (Lipinski definition) is 2. The highest BCUT2D eigenvalue weighted by Crippen LogP contribution is 2.22. The first kappa shape index (κ1) is 19.0. The number of Topliss-reactive ketones (excluding diaryl/α,β-unsaturated/α-hetero) is 1. The lowest BCUT2D eigenvalue weighted by Crippen LogP contribution is -2.47. The summed E-state index contributed by atoms with van der Waals surface area (Å²) in [6, 6.07) is 17.1. The van der Waals surface area contributed by atoms with Crippen LogP contribution in [0.2, 0.25) is 0 Å². The van der Waals surface area contributed by atoms with E-state index < -0.39 is 23.6 Å². The van der Waals surface area contributed by atoms with E-state index in [4.69, 9.17) is 10.3 Å². The SMILES string of the molecule is C[n+]1cc(C(=O)NC(Cc2ccccc2)C(=O)C(N)=O)c(-c2ccccc2)o1. The van der Waals surface area contributed by atoms with Gasteiger partial charge in [0.1, 0.15) is 6.04 Å². The second-order valence-electron chi connectivity index (χ2n) is 6.32. The first-order valence-corrected chi connectivity index (χ1v) is 8.69. The monoisotopic (exact) mass is 378 g/mol. The molecule has 0 bridgehead atoms. The summed E-state index contributed by atoms with van der Waals surface area (Å²) < 4.78 is 7.01. The molecule has 2 aromatic carbocycles. The molecule has 28 heavy (non-hydrogen) atoms. The molecule has 0 fully saturated rings. The molecule has 1 unspecified atom stereocenters. The zero-order valence-corrected chi connectivity index (χ0v) is 15.3. The second-order valence-corrected chi connectivity index (χ2v) is 6.32. The molecule has 0 aliphatic rings. The van der Waals surface area contributed by atoms with E-state index >= 15 is 0 Å². The van der Waals surface area contributed by atoms with Crippen molar-refractivity contribution in [3.8, 4) is 11.3 Å². The number of hydrogen-bond acceptors (Lipinski definition) is 4. The summed E-state index contributed by atoms with van der Waals surface area (Å²) in [6.07, 6.45) is 1.67. The lowest BCUT2D eigenvalue weighted by Gasteiger charge is -2.15. The van der Waals surface area contributed by atoms with Gasteiger partial charge in [-0.3, -0.25) is 14.4 Å². The smallest absolute Gasteiger partial charge is 0.287 e. The van der Waals surface area contributed by atoms with Crippen molar-refractivity contribution in [2.45, 2.75) is 12.5 Å². The maximum absolute atomic E-state index is 12.9. The Morgan fingerprint density at radius 3 is 2.25 bits per heavy atom. The van der Waals surface area contributed by atoms with Gasteiger partial charge in [-0.25, -0.2) is 4.52 Å².